The zero-order valence-corrected chi connectivity index (χ0v) is 11.3. The molecular weight excluding hydrogens is 316 g/mol. The molecule has 0 saturated carbocycles. The summed E-state index contributed by atoms with van der Waals surface area (Å²) in [4.78, 5) is 10.9. The van der Waals surface area contributed by atoms with Gasteiger partial charge in [0.2, 0.25) is 15.9 Å². The number of carbonyl (C=O) groups excluding carboxylic acids is 1. The lowest BCUT2D eigenvalue weighted by molar-refractivity contribution is -0.119. The molecule has 1 aliphatic heterocycles. The summed E-state index contributed by atoms with van der Waals surface area (Å²) in [7, 11) is -3.50. The second-order valence-electron chi connectivity index (χ2n) is 3.38. The van der Waals surface area contributed by atoms with E-state index in [-0.39, 0.29) is 22.6 Å². The fourth-order valence-corrected chi connectivity index (χ4v) is 4.67. The highest BCUT2D eigenvalue weighted by molar-refractivity contribution is 9.11. The fourth-order valence-electron chi connectivity index (χ4n) is 1.41. The minimum absolute atomic E-state index is 0.125. The van der Waals surface area contributed by atoms with E-state index in [9.17, 15) is 13.2 Å². The van der Waals surface area contributed by atoms with Gasteiger partial charge in [0.05, 0.1) is 3.79 Å². The molecule has 0 bridgehead atoms. The highest BCUT2D eigenvalue weighted by atomic mass is 79.9. The molecule has 0 unspecified atom stereocenters. The molecule has 0 aliphatic carbocycles. The second kappa shape index (κ2) is 4.44. The van der Waals surface area contributed by atoms with Gasteiger partial charge in [0.1, 0.15) is 4.21 Å². The van der Waals surface area contributed by atoms with Crippen molar-refractivity contribution in [1.29, 1.82) is 0 Å². The van der Waals surface area contributed by atoms with Gasteiger partial charge < -0.3 is 5.32 Å². The summed E-state index contributed by atoms with van der Waals surface area (Å²) in [6, 6.07) is 2.86. The number of amides is 1. The van der Waals surface area contributed by atoms with Gasteiger partial charge in [0.15, 0.2) is 0 Å². The SMILES string of the molecule is O=C1C[C@@H](NS(=O)(=O)c2ccc(Br)s2)CN1. The van der Waals surface area contributed by atoms with Crippen molar-refractivity contribution in [2.75, 3.05) is 6.54 Å². The summed E-state index contributed by atoms with van der Waals surface area (Å²) >= 11 is 4.35. The average Bonchev–Trinajstić information content (AvgIpc) is 2.75. The Morgan fingerprint density at radius 1 is 1.50 bits per heavy atom. The van der Waals surface area contributed by atoms with E-state index in [1.54, 1.807) is 6.07 Å². The van der Waals surface area contributed by atoms with Crippen molar-refractivity contribution in [1.82, 2.24) is 10.0 Å². The van der Waals surface area contributed by atoms with Crippen molar-refractivity contribution >= 4 is 43.2 Å². The number of nitrogens with one attached hydrogen (secondary N) is 2. The maximum atomic E-state index is 11.8. The van der Waals surface area contributed by atoms with Gasteiger partial charge in [-0.1, -0.05) is 0 Å². The van der Waals surface area contributed by atoms with Crippen molar-refractivity contribution in [3.63, 3.8) is 0 Å². The monoisotopic (exact) mass is 324 g/mol. The van der Waals surface area contributed by atoms with Crippen molar-refractivity contribution in [3.8, 4) is 0 Å². The van der Waals surface area contributed by atoms with Crippen molar-refractivity contribution in [2.24, 2.45) is 0 Å². The van der Waals surface area contributed by atoms with Crippen molar-refractivity contribution < 1.29 is 13.2 Å². The molecule has 1 aromatic heterocycles. The minimum Gasteiger partial charge on any atom is -0.354 e. The molecule has 8 heteroatoms. The lowest BCUT2D eigenvalue weighted by Gasteiger charge is -2.09. The largest absolute Gasteiger partial charge is 0.354 e. The van der Waals surface area contributed by atoms with E-state index in [1.165, 1.54) is 6.07 Å². The van der Waals surface area contributed by atoms with Crippen LogP contribution in [0.2, 0.25) is 0 Å². The van der Waals surface area contributed by atoms with E-state index < -0.39 is 10.0 Å². The third-order valence-corrected chi connectivity index (χ3v) is 5.75. The Balaban J connectivity index is 2.12. The van der Waals surface area contributed by atoms with Crippen LogP contribution in [0.4, 0.5) is 0 Å². The van der Waals surface area contributed by atoms with Gasteiger partial charge in [-0.2, -0.15) is 0 Å². The Morgan fingerprint density at radius 3 is 2.75 bits per heavy atom. The third kappa shape index (κ3) is 2.62. The minimum atomic E-state index is -3.50. The van der Waals surface area contributed by atoms with E-state index in [0.717, 1.165) is 15.1 Å². The summed E-state index contributed by atoms with van der Waals surface area (Å²) in [5.74, 6) is -0.125. The summed E-state index contributed by atoms with van der Waals surface area (Å²) in [6.07, 6.45) is 0.200. The molecule has 1 atom stereocenters. The van der Waals surface area contributed by atoms with E-state index >= 15 is 0 Å². The first-order chi connectivity index (χ1) is 7.47. The molecular formula is C8H9BrN2O3S2. The Morgan fingerprint density at radius 2 is 2.25 bits per heavy atom. The highest BCUT2D eigenvalue weighted by Gasteiger charge is 2.27. The zero-order chi connectivity index (χ0) is 11.8. The standard InChI is InChI=1S/C8H9BrN2O3S2/c9-6-1-2-8(15-6)16(13,14)11-5-3-7(12)10-4-5/h1-2,5,11H,3-4H2,(H,10,12)/t5-/m1/s1. The van der Waals surface area contributed by atoms with Crippen LogP contribution >= 0.6 is 27.3 Å². The zero-order valence-electron chi connectivity index (χ0n) is 8.07. The predicted octanol–water partition coefficient (Wildman–Crippen LogP) is 0.677. The van der Waals surface area contributed by atoms with Crippen molar-refractivity contribution in [2.45, 2.75) is 16.7 Å². The van der Waals surface area contributed by atoms with Gasteiger partial charge in [-0.3, -0.25) is 4.79 Å². The summed E-state index contributed by atoms with van der Waals surface area (Å²) in [5.41, 5.74) is 0. The highest BCUT2D eigenvalue weighted by Crippen LogP contribution is 2.26. The molecule has 1 fully saturated rings. The number of halogens is 1. The number of rotatable bonds is 3. The van der Waals surface area contributed by atoms with Crippen LogP contribution in [0.15, 0.2) is 20.1 Å². The lowest BCUT2D eigenvalue weighted by atomic mass is 10.3. The fraction of sp³-hybridized carbons (Fsp3) is 0.375. The maximum absolute atomic E-state index is 11.8. The molecule has 16 heavy (non-hydrogen) atoms. The number of hydrogen-bond acceptors (Lipinski definition) is 4. The third-order valence-electron chi connectivity index (χ3n) is 2.11. The van der Waals surface area contributed by atoms with Crippen LogP contribution < -0.4 is 10.0 Å². The van der Waals surface area contributed by atoms with Gasteiger partial charge in [0.25, 0.3) is 0 Å². The Kier molecular flexibility index (Phi) is 3.34. The molecule has 0 spiro atoms. The van der Waals surface area contributed by atoms with E-state index in [4.69, 9.17) is 0 Å². The first kappa shape index (κ1) is 12.0. The van der Waals surface area contributed by atoms with E-state index in [1.807, 2.05) is 0 Å². The molecule has 2 heterocycles. The molecule has 0 radical (unpaired) electrons. The summed E-state index contributed by atoms with van der Waals surface area (Å²) in [6.45, 7) is 0.352. The topological polar surface area (TPSA) is 75.3 Å². The summed E-state index contributed by atoms with van der Waals surface area (Å²) in [5, 5.41) is 2.58. The van der Waals surface area contributed by atoms with Crippen LogP contribution in [0.5, 0.6) is 0 Å². The molecule has 2 N–H and O–H groups in total. The molecule has 1 aliphatic rings. The van der Waals surface area contributed by atoms with Crippen LogP contribution in [0.3, 0.4) is 0 Å². The normalized spacial score (nSPS) is 21.1. The van der Waals surface area contributed by atoms with Gasteiger partial charge in [0, 0.05) is 19.0 Å². The van der Waals surface area contributed by atoms with Crippen LogP contribution in [0.1, 0.15) is 6.42 Å². The Labute approximate surface area is 105 Å². The molecule has 0 aromatic carbocycles. The predicted molar refractivity (Wildman–Crippen MR) is 63.8 cm³/mol. The Bertz CT molecular complexity index is 511. The number of sulfonamides is 1. The lowest BCUT2D eigenvalue weighted by Crippen LogP contribution is -2.35. The molecule has 88 valence electrons. The number of hydrogen-bond donors (Lipinski definition) is 2. The first-order valence-electron chi connectivity index (χ1n) is 4.52. The van der Waals surface area contributed by atoms with Crippen LogP contribution in [0, 0.1) is 0 Å². The van der Waals surface area contributed by atoms with Crippen LogP contribution in [0.25, 0.3) is 0 Å². The number of carbonyl (C=O) groups is 1. The quantitative estimate of drug-likeness (QED) is 0.858. The average molecular weight is 325 g/mol. The second-order valence-corrected chi connectivity index (χ2v) is 7.79. The molecule has 2 rings (SSSR count). The van der Waals surface area contributed by atoms with Gasteiger partial charge in [-0.15, -0.1) is 11.3 Å². The van der Waals surface area contributed by atoms with E-state index in [0.29, 0.717) is 6.54 Å². The number of thiophene rings is 1. The molecule has 5 nitrogen and oxygen atoms in total. The molecule has 1 amide bonds. The van der Waals surface area contributed by atoms with Gasteiger partial charge >= 0.3 is 0 Å². The van der Waals surface area contributed by atoms with Crippen LogP contribution in [-0.2, 0) is 14.8 Å². The van der Waals surface area contributed by atoms with Crippen LogP contribution in [-0.4, -0.2) is 26.9 Å². The smallest absolute Gasteiger partial charge is 0.250 e. The Hall–Kier alpha value is -0.440. The summed E-state index contributed by atoms with van der Waals surface area (Å²) < 4.78 is 27.2. The van der Waals surface area contributed by atoms with Gasteiger partial charge in [-0.05, 0) is 28.1 Å². The molecule has 1 saturated heterocycles. The first-order valence-corrected chi connectivity index (χ1v) is 7.61. The van der Waals surface area contributed by atoms with Gasteiger partial charge in [-0.25, -0.2) is 13.1 Å². The maximum Gasteiger partial charge on any atom is 0.250 e. The molecule has 1 aromatic rings. The van der Waals surface area contributed by atoms with E-state index in [2.05, 4.69) is 26.0 Å². The van der Waals surface area contributed by atoms with Crippen molar-refractivity contribution in [3.05, 3.63) is 15.9 Å².